The maximum absolute atomic E-state index is 5.40. The molecule has 0 aliphatic heterocycles. The van der Waals surface area contributed by atoms with Crippen LogP contribution in [0.3, 0.4) is 0 Å². The zero-order valence-electron chi connectivity index (χ0n) is 11.8. The van der Waals surface area contributed by atoms with E-state index in [1.54, 1.807) is 14.2 Å². The summed E-state index contributed by atoms with van der Waals surface area (Å²) >= 11 is 0. The average molecular weight is 278 g/mol. The molecular formula is C13H18N4O3. The summed E-state index contributed by atoms with van der Waals surface area (Å²) in [5.74, 6) is 2.03. The summed E-state index contributed by atoms with van der Waals surface area (Å²) in [5.41, 5.74) is 0.974. The van der Waals surface area contributed by atoms with E-state index in [1.165, 1.54) is 0 Å². The van der Waals surface area contributed by atoms with Crippen molar-refractivity contribution in [2.45, 2.75) is 13.1 Å². The Morgan fingerprint density at radius 1 is 1.15 bits per heavy atom. The van der Waals surface area contributed by atoms with E-state index in [0.29, 0.717) is 25.0 Å². The first-order valence-electron chi connectivity index (χ1n) is 6.18. The standard InChI is InChI=1S/C13H18N4O3/c1-14-8-12-16-17-13(20-12)15-7-9-4-5-10(18-2)6-11(9)19-3/h4-6,14H,7-8H2,1-3H3,(H,15,17). The molecule has 7 nitrogen and oxygen atoms in total. The Balaban J connectivity index is 2.02. The highest BCUT2D eigenvalue weighted by molar-refractivity contribution is 5.42. The molecule has 0 bridgehead atoms. The average Bonchev–Trinajstić information content (AvgIpc) is 2.93. The molecule has 1 heterocycles. The first-order chi connectivity index (χ1) is 9.76. The van der Waals surface area contributed by atoms with Gasteiger partial charge in [0.1, 0.15) is 11.5 Å². The van der Waals surface area contributed by atoms with E-state index in [4.69, 9.17) is 13.9 Å². The Morgan fingerprint density at radius 3 is 2.70 bits per heavy atom. The van der Waals surface area contributed by atoms with Crippen LogP contribution >= 0.6 is 0 Å². The van der Waals surface area contributed by atoms with Gasteiger partial charge in [-0.2, -0.15) is 0 Å². The lowest BCUT2D eigenvalue weighted by atomic mass is 10.2. The van der Waals surface area contributed by atoms with E-state index in [-0.39, 0.29) is 0 Å². The van der Waals surface area contributed by atoms with Crippen molar-refractivity contribution in [2.75, 3.05) is 26.6 Å². The lowest BCUT2D eigenvalue weighted by Crippen LogP contribution is -2.05. The van der Waals surface area contributed by atoms with E-state index in [1.807, 2.05) is 25.2 Å². The van der Waals surface area contributed by atoms with Gasteiger partial charge in [-0.15, -0.1) is 5.10 Å². The predicted octanol–water partition coefficient (Wildman–Crippen LogP) is 1.42. The van der Waals surface area contributed by atoms with Crippen molar-refractivity contribution in [3.63, 3.8) is 0 Å². The number of nitrogens with zero attached hydrogens (tertiary/aromatic N) is 2. The van der Waals surface area contributed by atoms with Gasteiger partial charge in [-0.3, -0.25) is 0 Å². The monoisotopic (exact) mass is 278 g/mol. The normalized spacial score (nSPS) is 10.3. The van der Waals surface area contributed by atoms with Gasteiger partial charge in [-0.1, -0.05) is 5.10 Å². The van der Waals surface area contributed by atoms with Gasteiger partial charge >= 0.3 is 6.01 Å². The molecular weight excluding hydrogens is 260 g/mol. The van der Waals surface area contributed by atoms with E-state index in [0.717, 1.165) is 17.1 Å². The predicted molar refractivity (Wildman–Crippen MR) is 73.9 cm³/mol. The number of aromatic nitrogens is 2. The summed E-state index contributed by atoms with van der Waals surface area (Å²) in [7, 11) is 5.06. The second-order valence-electron chi connectivity index (χ2n) is 4.06. The molecule has 1 aromatic carbocycles. The number of anilines is 1. The highest BCUT2D eigenvalue weighted by Crippen LogP contribution is 2.25. The second-order valence-corrected chi connectivity index (χ2v) is 4.06. The van der Waals surface area contributed by atoms with Crippen LogP contribution in [-0.4, -0.2) is 31.5 Å². The van der Waals surface area contributed by atoms with Gasteiger partial charge in [0.2, 0.25) is 5.89 Å². The molecule has 2 N–H and O–H groups in total. The molecule has 0 fully saturated rings. The van der Waals surface area contributed by atoms with Crippen molar-refractivity contribution in [3.8, 4) is 11.5 Å². The molecule has 0 aliphatic carbocycles. The summed E-state index contributed by atoms with van der Waals surface area (Å²) in [6.45, 7) is 1.06. The first-order valence-corrected chi connectivity index (χ1v) is 6.18. The van der Waals surface area contributed by atoms with Crippen LogP contribution in [0.5, 0.6) is 11.5 Å². The zero-order chi connectivity index (χ0) is 14.4. The van der Waals surface area contributed by atoms with Crippen molar-refractivity contribution in [3.05, 3.63) is 29.7 Å². The minimum Gasteiger partial charge on any atom is -0.497 e. The summed E-state index contributed by atoms with van der Waals surface area (Å²) in [6.07, 6.45) is 0. The molecule has 0 atom stereocenters. The van der Waals surface area contributed by atoms with Crippen LogP contribution in [0.4, 0.5) is 6.01 Å². The number of hydrogen-bond donors (Lipinski definition) is 2. The van der Waals surface area contributed by atoms with E-state index in [9.17, 15) is 0 Å². The molecule has 2 rings (SSSR count). The highest BCUT2D eigenvalue weighted by Gasteiger charge is 2.08. The van der Waals surface area contributed by atoms with Crippen molar-refractivity contribution in [2.24, 2.45) is 0 Å². The summed E-state index contributed by atoms with van der Waals surface area (Å²) in [6, 6.07) is 6.01. The molecule has 0 saturated heterocycles. The van der Waals surface area contributed by atoms with Gasteiger partial charge in [0.25, 0.3) is 0 Å². The maximum atomic E-state index is 5.40. The Bertz CT molecular complexity index is 556. The van der Waals surface area contributed by atoms with Crippen molar-refractivity contribution < 1.29 is 13.9 Å². The molecule has 108 valence electrons. The van der Waals surface area contributed by atoms with E-state index >= 15 is 0 Å². The van der Waals surface area contributed by atoms with Crippen LogP contribution in [0.2, 0.25) is 0 Å². The Kier molecular flexibility index (Phi) is 4.78. The third-order valence-electron chi connectivity index (χ3n) is 2.72. The lowest BCUT2D eigenvalue weighted by Gasteiger charge is -2.10. The molecule has 0 radical (unpaired) electrons. The fourth-order valence-electron chi connectivity index (χ4n) is 1.72. The third kappa shape index (κ3) is 3.39. The number of benzene rings is 1. The van der Waals surface area contributed by atoms with Gasteiger partial charge in [-0.25, -0.2) is 0 Å². The Labute approximate surface area is 117 Å². The van der Waals surface area contributed by atoms with Gasteiger partial charge in [0.15, 0.2) is 0 Å². The van der Waals surface area contributed by atoms with Crippen LogP contribution in [0.25, 0.3) is 0 Å². The quantitative estimate of drug-likeness (QED) is 0.792. The maximum Gasteiger partial charge on any atom is 0.315 e. The Morgan fingerprint density at radius 2 is 2.00 bits per heavy atom. The highest BCUT2D eigenvalue weighted by atomic mass is 16.5. The second kappa shape index (κ2) is 6.76. The number of hydrogen-bond acceptors (Lipinski definition) is 7. The van der Waals surface area contributed by atoms with Crippen LogP contribution < -0.4 is 20.1 Å². The lowest BCUT2D eigenvalue weighted by molar-refractivity contribution is 0.391. The minimum atomic E-state index is 0.383. The number of rotatable bonds is 7. The van der Waals surface area contributed by atoms with Crippen LogP contribution in [0.1, 0.15) is 11.5 Å². The first kappa shape index (κ1) is 14.1. The van der Waals surface area contributed by atoms with Gasteiger partial charge in [0.05, 0.1) is 20.8 Å². The molecule has 2 aromatic rings. The van der Waals surface area contributed by atoms with Crippen LogP contribution in [0, 0.1) is 0 Å². The smallest absolute Gasteiger partial charge is 0.315 e. The van der Waals surface area contributed by atoms with Crippen LogP contribution in [-0.2, 0) is 13.1 Å². The van der Waals surface area contributed by atoms with Gasteiger partial charge in [-0.05, 0) is 19.2 Å². The summed E-state index contributed by atoms with van der Waals surface area (Å²) in [4.78, 5) is 0. The van der Waals surface area contributed by atoms with Gasteiger partial charge < -0.3 is 24.5 Å². The fourth-order valence-corrected chi connectivity index (χ4v) is 1.72. The summed E-state index contributed by atoms with van der Waals surface area (Å²) < 4.78 is 15.9. The van der Waals surface area contributed by atoms with Crippen LogP contribution in [0.15, 0.2) is 22.6 Å². The molecule has 20 heavy (non-hydrogen) atoms. The molecule has 0 amide bonds. The minimum absolute atomic E-state index is 0.383. The van der Waals surface area contributed by atoms with Gasteiger partial charge in [0, 0.05) is 18.2 Å². The number of ether oxygens (including phenoxy) is 2. The number of nitrogens with one attached hydrogen (secondary N) is 2. The molecule has 0 unspecified atom stereocenters. The molecule has 0 saturated carbocycles. The molecule has 0 aliphatic rings. The summed E-state index contributed by atoms with van der Waals surface area (Å²) in [5, 5.41) is 13.8. The molecule has 7 heteroatoms. The number of methoxy groups -OCH3 is 2. The SMILES string of the molecule is CNCc1nnc(NCc2ccc(OC)cc2OC)o1. The largest absolute Gasteiger partial charge is 0.497 e. The molecule has 0 spiro atoms. The van der Waals surface area contributed by atoms with E-state index < -0.39 is 0 Å². The van der Waals surface area contributed by atoms with E-state index in [2.05, 4.69) is 20.8 Å². The van der Waals surface area contributed by atoms with Crippen molar-refractivity contribution in [1.29, 1.82) is 0 Å². The van der Waals surface area contributed by atoms with Crippen molar-refractivity contribution in [1.82, 2.24) is 15.5 Å². The zero-order valence-corrected chi connectivity index (χ0v) is 11.8. The Hall–Kier alpha value is -2.28. The fraction of sp³-hybridized carbons (Fsp3) is 0.385. The van der Waals surface area contributed by atoms with Crippen molar-refractivity contribution >= 4 is 6.01 Å². The third-order valence-corrected chi connectivity index (χ3v) is 2.72. The molecule has 1 aromatic heterocycles. The topological polar surface area (TPSA) is 81.4 Å².